The molecule has 0 aliphatic carbocycles. The van der Waals surface area contributed by atoms with Gasteiger partial charge < -0.3 is 25.9 Å². The number of aromatic amines is 1. The first kappa shape index (κ1) is 20.6. The highest BCUT2D eigenvalue weighted by Crippen LogP contribution is 2.28. The van der Waals surface area contributed by atoms with Crippen LogP contribution in [0.15, 0.2) is 60.7 Å². The molecule has 0 saturated carbocycles. The fourth-order valence-electron chi connectivity index (χ4n) is 3.71. The van der Waals surface area contributed by atoms with Gasteiger partial charge in [0.05, 0.1) is 24.3 Å². The fraction of sp³-hybridized carbons (Fsp3) is 0.240. The van der Waals surface area contributed by atoms with Gasteiger partial charge in [0, 0.05) is 33.7 Å². The number of H-pyrrole nitrogens is 1. The summed E-state index contributed by atoms with van der Waals surface area (Å²) < 4.78 is 11.2. The SMILES string of the molecule is Nc1cc(N)cc(C(=O)OCCCCCCOc2ccc3c(c2)[nH]c2ccccc23)c1. The van der Waals surface area contributed by atoms with Crippen LogP contribution in [0.3, 0.4) is 0 Å². The monoisotopic (exact) mass is 417 g/mol. The fourth-order valence-corrected chi connectivity index (χ4v) is 3.71. The quantitative estimate of drug-likeness (QED) is 0.195. The number of rotatable bonds is 9. The normalized spacial score (nSPS) is 11.1. The summed E-state index contributed by atoms with van der Waals surface area (Å²) in [5.74, 6) is 0.476. The van der Waals surface area contributed by atoms with Crippen molar-refractivity contribution in [3.05, 3.63) is 66.2 Å². The second kappa shape index (κ2) is 9.43. The largest absolute Gasteiger partial charge is 0.494 e. The van der Waals surface area contributed by atoms with Crippen LogP contribution >= 0.6 is 0 Å². The minimum absolute atomic E-state index is 0.380. The minimum Gasteiger partial charge on any atom is -0.494 e. The first-order valence-electron chi connectivity index (χ1n) is 10.6. The molecular weight excluding hydrogens is 390 g/mol. The van der Waals surface area contributed by atoms with E-state index in [1.807, 2.05) is 12.1 Å². The van der Waals surface area contributed by atoms with Gasteiger partial charge in [-0.1, -0.05) is 18.2 Å². The molecule has 0 unspecified atom stereocenters. The van der Waals surface area contributed by atoms with Gasteiger partial charge in [-0.05, 0) is 62.1 Å². The maximum absolute atomic E-state index is 12.0. The van der Waals surface area contributed by atoms with Crippen molar-refractivity contribution in [2.24, 2.45) is 0 Å². The maximum atomic E-state index is 12.0. The summed E-state index contributed by atoms with van der Waals surface area (Å²) in [6.45, 7) is 1.04. The summed E-state index contributed by atoms with van der Waals surface area (Å²) in [7, 11) is 0. The van der Waals surface area contributed by atoms with Crippen molar-refractivity contribution in [2.75, 3.05) is 24.7 Å². The third-order valence-corrected chi connectivity index (χ3v) is 5.23. The Bertz CT molecular complexity index is 1180. The number of carbonyl (C=O) groups excluding carboxylic acids is 1. The van der Waals surface area contributed by atoms with Crippen LogP contribution in [0, 0.1) is 0 Å². The Morgan fingerprint density at radius 2 is 1.48 bits per heavy atom. The van der Waals surface area contributed by atoms with E-state index in [1.165, 1.54) is 10.8 Å². The molecule has 0 aliphatic rings. The summed E-state index contributed by atoms with van der Waals surface area (Å²) in [4.78, 5) is 15.5. The molecule has 0 radical (unpaired) electrons. The van der Waals surface area contributed by atoms with Crippen LogP contribution in [0.5, 0.6) is 5.75 Å². The zero-order valence-electron chi connectivity index (χ0n) is 17.4. The molecule has 1 heterocycles. The molecule has 0 bridgehead atoms. The molecule has 6 heteroatoms. The molecule has 4 rings (SSSR count). The zero-order chi connectivity index (χ0) is 21.6. The molecule has 3 aromatic carbocycles. The molecule has 0 saturated heterocycles. The number of unbranched alkanes of at least 4 members (excludes halogenated alkanes) is 3. The number of para-hydroxylation sites is 1. The molecule has 31 heavy (non-hydrogen) atoms. The number of ether oxygens (including phenoxy) is 2. The number of esters is 1. The van der Waals surface area contributed by atoms with Gasteiger partial charge in [-0.2, -0.15) is 0 Å². The van der Waals surface area contributed by atoms with Gasteiger partial charge in [-0.3, -0.25) is 0 Å². The Kier molecular flexibility index (Phi) is 6.26. The van der Waals surface area contributed by atoms with Crippen molar-refractivity contribution < 1.29 is 14.3 Å². The van der Waals surface area contributed by atoms with Crippen molar-refractivity contribution in [1.29, 1.82) is 0 Å². The van der Waals surface area contributed by atoms with Crippen LogP contribution in [-0.2, 0) is 4.74 Å². The van der Waals surface area contributed by atoms with E-state index >= 15 is 0 Å². The lowest BCUT2D eigenvalue weighted by atomic mass is 10.1. The average molecular weight is 418 g/mol. The number of benzene rings is 3. The Hall–Kier alpha value is -3.67. The molecule has 0 fully saturated rings. The predicted octanol–water partition coefficient (Wildman–Crippen LogP) is 5.28. The molecule has 6 nitrogen and oxygen atoms in total. The van der Waals surface area contributed by atoms with E-state index in [9.17, 15) is 4.79 Å². The third-order valence-electron chi connectivity index (χ3n) is 5.23. The standard InChI is InChI=1S/C25H27N3O3/c26-18-13-17(14-19(27)15-18)25(29)31-12-6-2-1-5-11-30-20-9-10-22-21-7-3-4-8-23(21)28-24(22)16-20/h3-4,7-10,13-16,28H,1-2,5-6,11-12,26-27H2. The van der Waals surface area contributed by atoms with Gasteiger partial charge >= 0.3 is 5.97 Å². The van der Waals surface area contributed by atoms with E-state index in [1.54, 1.807) is 18.2 Å². The van der Waals surface area contributed by atoms with Gasteiger partial charge in [-0.15, -0.1) is 0 Å². The van der Waals surface area contributed by atoms with Crippen LogP contribution in [0.1, 0.15) is 36.0 Å². The number of nitrogens with two attached hydrogens (primary N) is 2. The molecule has 160 valence electrons. The molecule has 4 aromatic rings. The molecular formula is C25H27N3O3. The summed E-state index contributed by atoms with van der Waals surface area (Å²) in [5, 5.41) is 2.43. The molecule has 1 aromatic heterocycles. The van der Waals surface area contributed by atoms with Gasteiger partial charge in [0.2, 0.25) is 0 Å². The molecule has 0 atom stereocenters. The molecule has 0 aliphatic heterocycles. The van der Waals surface area contributed by atoms with E-state index in [2.05, 4.69) is 35.3 Å². The number of anilines is 2. The molecule has 0 spiro atoms. The van der Waals surface area contributed by atoms with Crippen LogP contribution in [-0.4, -0.2) is 24.2 Å². The van der Waals surface area contributed by atoms with Crippen molar-refractivity contribution >= 4 is 39.1 Å². The zero-order valence-corrected chi connectivity index (χ0v) is 17.4. The third kappa shape index (κ3) is 5.09. The summed E-state index contributed by atoms with van der Waals surface area (Å²) in [6.07, 6.45) is 3.74. The van der Waals surface area contributed by atoms with Gasteiger partial charge in [0.1, 0.15) is 5.75 Å². The number of nitrogens with one attached hydrogen (secondary N) is 1. The lowest BCUT2D eigenvalue weighted by Gasteiger charge is -2.08. The highest BCUT2D eigenvalue weighted by atomic mass is 16.5. The van der Waals surface area contributed by atoms with Crippen LogP contribution < -0.4 is 16.2 Å². The lowest BCUT2D eigenvalue weighted by Crippen LogP contribution is -2.08. The lowest BCUT2D eigenvalue weighted by molar-refractivity contribution is 0.0497. The van der Waals surface area contributed by atoms with Crippen molar-refractivity contribution in [1.82, 2.24) is 4.98 Å². The average Bonchev–Trinajstić information content (AvgIpc) is 3.12. The topological polar surface area (TPSA) is 103 Å². The Morgan fingerprint density at radius 1 is 0.774 bits per heavy atom. The van der Waals surface area contributed by atoms with Crippen LogP contribution in [0.4, 0.5) is 11.4 Å². The van der Waals surface area contributed by atoms with Crippen LogP contribution in [0.25, 0.3) is 21.8 Å². The van der Waals surface area contributed by atoms with E-state index in [-0.39, 0.29) is 0 Å². The van der Waals surface area contributed by atoms with E-state index in [0.717, 1.165) is 42.5 Å². The highest BCUT2D eigenvalue weighted by Gasteiger charge is 2.08. The summed E-state index contributed by atoms with van der Waals surface area (Å²) in [5.41, 5.74) is 14.9. The molecule has 5 N–H and O–H groups in total. The summed E-state index contributed by atoms with van der Waals surface area (Å²) in [6, 6.07) is 19.2. The summed E-state index contributed by atoms with van der Waals surface area (Å²) >= 11 is 0. The minimum atomic E-state index is -0.394. The predicted molar refractivity (Wildman–Crippen MR) is 125 cm³/mol. The maximum Gasteiger partial charge on any atom is 0.338 e. The Balaban J connectivity index is 1.15. The molecule has 0 amide bonds. The highest BCUT2D eigenvalue weighted by molar-refractivity contribution is 6.07. The number of hydrogen-bond acceptors (Lipinski definition) is 5. The van der Waals surface area contributed by atoms with Crippen molar-refractivity contribution in [3.63, 3.8) is 0 Å². The van der Waals surface area contributed by atoms with E-state index in [0.29, 0.717) is 30.2 Å². The van der Waals surface area contributed by atoms with Gasteiger partial charge in [0.25, 0.3) is 0 Å². The Morgan fingerprint density at radius 3 is 2.29 bits per heavy atom. The first-order valence-corrected chi connectivity index (χ1v) is 10.6. The van der Waals surface area contributed by atoms with Gasteiger partial charge in [-0.25, -0.2) is 4.79 Å². The number of aromatic nitrogens is 1. The number of nitrogen functional groups attached to an aromatic ring is 2. The number of fused-ring (bicyclic) bond motifs is 3. The second-order valence-electron chi connectivity index (χ2n) is 7.66. The Labute approximate surface area is 181 Å². The number of hydrogen-bond donors (Lipinski definition) is 3. The first-order chi connectivity index (χ1) is 15.1. The van der Waals surface area contributed by atoms with Crippen molar-refractivity contribution in [3.8, 4) is 5.75 Å². The van der Waals surface area contributed by atoms with Gasteiger partial charge in [0.15, 0.2) is 0 Å². The van der Waals surface area contributed by atoms with Crippen LogP contribution in [0.2, 0.25) is 0 Å². The van der Waals surface area contributed by atoms with Crippen molar-refractivity contribution in [2.45, 2.75) is 25.7 Å². The van der Waals surface area contributed by atoms with E-state index < -0.39 is 5.97 Å². The smallest absolute Gasteiger partial charge is 0.338 e. The second-order valence-corrected chi connectivity index (χ2v) is 7.66. The van der Waals surface area contributed by atoms with E-state index in [4.69, 9.17) is 20.9 Å². The number of carbonyl (C=O) groups is 1.